The molecule has 0 spiro atoms. The van der Waals surface area contributed by atoms with Crippen LogP contribution in [0.4, 0.5) is 10.2 Å². The van der Waals surface area contributed by atoms with Gasteiger partial charge in [-0.05, 0) is 61.6 Å². The van der Waals surface area contributed by atoms with Crippen LogP contribution in [0.3, 0.4) is 0 Å². The Morgan fingerprint density at radius 2 is 2.03 bits per heavy atom. The number of anilines is 1. The predicted molar refractivity (Wildman–Crippen MR) is 129 cm³/mol. The van der Waals surface area contributed by atoms with E-state index >= 15 is 0 Å². The Balaban J connectivity index is 1.52. The zero-order valence-corrected chi connectivity index (χ0v) is 20.2. The van der Waals surface area contributed by atoms with Crippen molar-refractivity contribution in [2.75, 3.05) is 17.6 Å². The summed E-state index contributed by atoms with van der Waals surface area (Å²) >= 11 is 1.81. The number of hydrogen-bond acceptors (Lipinski definition) is 6. The third-order valence-electron chi connectivity index (χ3n) is 5.45. The molecular weight excluding hydrogens is 439 g/mol. The highest BCUT2D eigenvalue weighted by molar-refractivity contribution is 7.97. The van der Waals surface area contributed by atoms with Crippen molar-refractivity contribution in [1.29, 1.82) is 0 Å². The maximum atomic E-state index is 14.8. The van der Waals surface area contributed by atoms with Gasteiger partial charge in [-0.1, -0.05) is 31.9 Å². The van der Waals surface area contributed by atoms with Gasteiger partial charge < -0.3 is 9.88 Å². The SMILES string of the molecule is CC(C)CSN1CCc2cc(F)c(C(=O)Nc3cccc(-c4nncn4C(C)C)n3)cc2C1. The Morgan fingerprint density at radius 1 is 1.21 bits per heavy atom. The second kappa shape index (κ2) is 10.0. The maximum absolute atomic E-state index is 14.8. The lowest BCUT2D eigenvalue weighted by atomic mass is 9.97. The first-order valence-corrected chi connectivity index (χ1v) is 12.1. The van der Waals surface area contributed by atoms with Crippen molar-refractivity contribution in [2.24, 2.45) is 5.92 Å². The maximum Gasteiger partial charge on any atom is 0.259 e. The van der Waals surface area contributed by atoms with Gasteiger partial charge >= 0.3 is 0 Å². The van der Waals surface area contributed by atoms with Gasteiger partial charge in [-0.3, -0.25) is 4.79 Å². The molecule has 3 heterocycles. The molecule has 0 saturated heterocycles. The zero-order chi connectivity index (χ0) is 23.5. The smallest absolute Gasteiger partial charge is 0.259 e. The highest BCUT2D eigenvalue weighted by atomic mass is 32.2. The van der Waals surface area contributed by atoms with Gasteiger partial charge in [0.1, 0.15) is 23.7 Å². The van der Waals surface area contributed by atoms with Crippen LogP contribution in [-0.4, -0.2) is 42.3 Å². The largest absolute Gasteiger partial charge is 0.310 e. The van der Waals surface area contributed by atoms with Crippen LogP contribution in [0.1, 0.15) is 55.2 Å². The molecule has 0 saturated carbocycles. The molecule has 1 aromatic carbocycles. The molecule has 0 aliphatic carbocycles. The molecule has 2 aromatic heterocycles. The molecule has 174 valence electrons. The van der Waals surface area contributed by atoms with E-state index in [0.29, 0.717) is 29.8 Å². The van der Waals surface area contributed by atoms with E-state index in [9.17, 15) is 9.18 Å². The minimum Gasteiger partial charge on any atom is -0.310 e. The first-order chi connectivity index (χ1) is 15.8. The summed E-state index contributed by atoms with van der Waals surface area (Å²) in [6.07, 6.45) is 2.43. The van der Waals surface area contributed by atoms with Crippen LogP contribution in [0.15, 0.2) is 36.7 Å². The molecule has 0 bridgehead atoms. The van der Waals surface area contributed by atoms with E-state index in [4.69, 9.17) is 0 Å². The molecular formula is C24H29FN6OS. The molecule has 0 unspecified atom stereocenters. The summed E-state index contributed by atoms with van der Waals surface area (Å²) in [7, 11) is 0. The van der Waals surface area contributed by atoms with Crippen molar-refractivity contribution in [2.45, 2.75) is 46.7 Å². The summed E-state index contributed by atoms with van der Waals surface area (Å²) < 4.78 is 19.0. The third-order valence-corrected chi connectivity index (χ3v) is 6.94. The number of fused-ring (bicyclic) bond motifs is 1. The van der Waals surface area contributed by atoms with Gasteiger partial charge in [-0.15, -0.1) is 10.2 Å². The number of rotatable bonds is 7. The van der Waals surface area contributed by atoms with E-state index < -0.39 is 11.7 Å². The number of nitrogens with zero attached hydrogens (tertiary/aromatic N) is 5. The van der Waals surface area contributed by atoms with Gasteiger partial charge in [0.05, 0.1) is 5.56 Å². The summed E-state index contributed by atoms with van der Waals surface area (Å²) in [6.45, 7) is 10.0. The van der Waals surface area contributed by atoms with E-state index in [1.54, 1.807) is 30.6 Å². The summed E-state index contributed by atoms with van der Waals surface area (Å²) in [6, 6.07) is 8.62. The molecule has 4 rings (SSSR count). The fourth-order valence-electron chi connectivity index (χ4n) is 3.71. The van der Waals surface area contributed by atoms with E-state index in [1.807, 2.05) is 30.4 Å². The third kappa shape index (κ3) is 5.42. The van der Waals surface area contributed by atoms with Gasteiger partial charge in [0.15, 0.2) is 5.82 Å². The number of amides is 1. The van der Waals surface area contributed by atoms with Crippen LogP contribution in [0.5, 0.6) is 0 Å². The van der Waals surface area contributed by atoms with Crippen LogP contribution < -0.4 is 5.32 Å². The van der Waals surface area contributed by atoms with Crippen LogP contribution in [0.25, 0.3) is 11.5 Å². The lowest BCUT2D eigenvalue weighted by Crippen LogP contribution is -2.26. The fraction of sp³-hybridized carbons (Fsp3) is 0.417. The van der Waals surface area contributed by atoms with Gasteiger partial charge in [-0.25, -0.2) is 13.7 Å². The van der Waals surface area contributed by atoms with E-state index in [0.717, 1.165) is 29.8 Å². The number of halogens is 1. The van der Waals surface area contributed by atoms with E-state index in [-0.39, 0.29) is 11.6 Å². The predicted octanol–water partition coefficient (Wildman–Crippen LogP) is 4.97. The summed E-state index contributed by atoms with van der Waals surface area (Å²) in [4.78, 5) is 17.5. The second-order valence-electron chi connectivity index (χ2n) is 8.92. The monoisotopic (exact) mass is 468 g/mol. The van der Waals surface area contributed by atoms with Crippen molar-refractivity contribution in [3.05, 3.63) is 59.2 Å². The summed E-state index contributed by atoms with van der Waals surface area (Å²) in [5, 5.41) is 10.9. The average Bonchev–Trinajstić information content (AvgIpc) is 3.28. The van der Waals surface area contributed by atoms with Gasteiger partial charge in [0.25, 0.3) is 5.91 Å². The molecule has 0 fully saturated rings. The van der Waals surface area contributed by atoms with E-state index in [2.05, 4.69) is 38.7 Å². The van der Waals surface area contributed by atoms with Crippen LogP contribution in [0, 0.1) is 11.7 Å². The topological polar surface area (TPSA) is 75.9 Å². The highest BCUT2D eigenvalue weighted by Gasteiger charge is 2.22. The number of carbonyl (C=O) groups excluding carboxylic acids is 1. The number of aromatic nitrogens is 4. The van der Waals surface area contributed by atoms with Crippen molar-refractivity contribution in [3.8, 4) is 11.5 Å². The van der Waals surface area contributed by atoms with Gasteiger partial charge in [0, 0.05) is 24.9 Å². The lowest BCUT2D eigenvalue weighted by molar-refractivity contribution is 0.102. The highest BCUT2D eigenvalue weighted by Crippen LogP contribution is 2.28. The standard InChI is InChI=1S/C24H29FN6OS/c1-15(2)13-33-30-9-8-17-11-20(25)19(10-18(17)12-30)24(32)28-22-7-5-6-21(27-22)23-29-26-14-31(23)16(3)4/h5-7,10-11,14-16H,8-9,12-13H2,1-4H3,(H,27,28,32). The fourth-order valence-corrected chi connectivity index (χ4v) is 4.67. The Morgan fingerprint density at radius 3 is 2.79 bits per heavy atom. The zero-order valence-electron chi connectivity index (χ0n) is 19.4. The second-order valence-corrected chi connectivity index (χ2v) is 10.0. The molecule has 9 heteroatoms. The molecule has 1 N–H and O–H groups in total. The molecule has 1 amide bonds. The van der Waals surface area contributed by atoms with Gasteiger partial charge in [0.2, 0.25) is 0 Å². The number of hydrogen-bond donors (Lipinski definition) is 1. The summed E-state index contributed by atoms with van der Waals surface area (Å²) in [5.74, 6) is 1.56. The van der Waals surface area contributed by atoms with Crippen LogP contribution in [0.2, 0.25) is 0 Å². The van der Waals surface area contributed by atoms with Crippen molar-refractivity contribution in [1.82, 2.24) is 24.1 Å². The van der Waals surface area contributed by atoms with Gasteiger partial charge in [-0.2, -0.15) is 0 Å². The molecule has 1 aliphatic heterocycles. The van der Waals surface area contributed by atoms with Crippen LogP contribution >= 0.6 is 11.9 Å². The molecule has 7 nitrogen and oxygen atoms in total. The Labute approximate surface area is 197 Å². The van der Waals surface area contributed by atoms with Crippen molar-refractivity contribution >= 4 is 23.7 Å². The van der Waals surface area contributed by atoms with Crippen molar-refractivity contribution in [3.63, 3.8) is 0 Å². The normalized spacial score (nSPS) is 14.0. The number of benzene rings is 1. The minimum absolute atomic E-state index is 0.0296. The number of nitrogens with one attached hydrogen (secondary N) is 1. The molecule has 3 aromatic rings. The number of pyridine rings is 1. The average molecular weight is 469 g/mol. The quantitative estimate of drug-likeness (QED) is 0.493. The molecule has 0 radical (unpaired) electrons. The molecule has 1 aliphatic rings. The van der Waals surface area contributed by atoms with Crippen molar-refractivity contribution < 1.29 is 9.18 Å². The van der Waals surface area contributed by atoms with Crippen LogP contribution in [-0.2, 0) is 13.0 Å². The number of carbonyl (C=O) groups is 1. The Kier molecular flexibility index (Phi) is 7.09. The minimum atomic E-state index is -0.516. The molecule has 33 heavy (non-hydrogen) atoms. The Bertz CT molecular complexity index is 1150. The summed E-state index contributed by atoms with van der Waals surface area (Å²) in [5.41, 5.74) is 2.58. The van der Waals surface area contributed by atoms with E-state index in [1.165, 1.54) is 6.07 Å². The lowest BCUT2D eigenvalue weighted by Gasteiger charge is -2.28. The first kappa shape index (κ1) is 23.4. The Hall–Kier alpha value is -2.78. The molecule has 0 atom stereocenters. The first-order valence-electron chi connectivity index (χ1n) is 11.2.